The Kier molecular flexibility index (Phi) is 16.3. The maximum atomic E-state index is 7.13. The van der Waals surface area contributed by atoms with Crippen molar-refractivity contribution in [1.82, 2.24) is 19.9 Å². The van der Waals surface area contributed by atoms with Gasteiger partial charge in [0.1, 0.15) is 34.2 Å². The molecule has 0 fully saturated rings. The van der Waals surface area contributed by atoms with E-state index in [1.165, 1.54) is 44.5 Å². The molecule has 5 heterocycles. The van der Waals surface area contributed by atoms with E-state index < -0.39 is 10.8 Å². The Bertz CT molecular complexity index is 7840. The molecule has 2 spiro atoms. The highest BCUT2D eigenvalue weighted by Gasteiger charge is 2.53. The Hall–Kier alpha value is -16.5. The third-order valence-corrected chi connectivity index (χ3v) is 26.1. The maximum Gasteiger partial charge on any atom is 0.160 e. The summed E-state index contributed by atoms with van der Waals surface area (Å²) in [5, 5.41) is 2.07. The van der Waals surface area contributed by atoms with Gasteiger partial charge in [-0.1, -0.05) is 364 Å². The summed E-state index contributed by atoms with van der Waals surface area (Å²) >= 11 is 0. The third-order valence-electron chi connectivity index (χ3n) is 26.1. The molecule has 0 N–H and O–H groups in total. The highest BCUT2D eigenvalue weighted by atomic mass is 16.5. The molecule has 582 valence electrons. The van der Waals surface area contributed by atoms with Crippen LogP contribution in [-0.4, -0.2) is 19.9 Å². The molecule has 2 aliphatic carbocycles. The Morgan fingerprint density at radius 1 is 0.176 bits per heavy atom. The lowest BCUT2D eigenvalue weighted by molar-refractivity contribution is 0.436. The molecule has 0 saturated carbocycles. The normalized spacial score (nSPS) is 13.8. The zero-order valence-electron chi connectivity index (χ0n) is 67.6. The van der Waals surface area contributed by atoms with Gasteiger partial charge in [0.05, 0.1) is 33.6 Å². The molecule has 18 aromatic carbocycles. The topological polar surface area (TPSA) is 83.2 Å². The van der Waals surface area contributed by atoms with Crippen LogP contribution in [0.1, 0.15) is 44.5 Å². The number of benzene rings is 18. The van der Waals surface area contributed by atoms with Crippen molar-refractivity contribution in [2.45, 2.75) is 10.8 Å². The van der Waals surface area contributed by atoms with Crippen LogP contribution < -0.4 is 9.47 Å². The minimum atomic E-state index is -0.793. The molecule has 0 radical (unpaired) electrons. The number of hydrogen-bond acceptors (Lipinski definition) is 7. The molecule has 1 atom stereocenters. The van der Waals surface area contributed by atoms with Crippen molar-refractivity contribution in [2.24, 2.45) is 0 Å². The van der Waals surface area contributed by atoms with E-state index in [0.717, 1.165) is 190 Å². The Balaban J connectivity index is 0.574. The summed E-state index contributed by atoms with van der Waals surface area (Å²) in [5.41, 5.74) is 36.2. The van der Waals surface area contributed by atoms with Gasteiger partial charge in [0.25, 0.3) is 0 Å². The summed E-state index contributed by atoms with van der Waals surface area (Å²) in [5.74, 6) is 4.61. The Labute approximate surface area is 722 Å². The number of para-hydroxylation sites is 3. The number of hydrogen-bond donors (Lipinski definition) is 0. The second-order valence-corrected chi connectivity index (χ2v) is 32.8. The van der Waals surface area contributed by atoms with E-state index in [-0.39, 0.29) is 0 Å². The Morgan fingerprint density at radius 3 is 1.13 bits per heavy atom. The molecule has 0 saturated heterocycles. The summed E-state index contributed by atoms with van der Waals surface area (Å²) < 4.78 is 21.1. The van der Waals surface area contributed by atoms with Crippen LogP contribution in [0.4, 0.5) is 0 Å². The van der Waals surface area contributed by atoms with E-state index in [9.17, 15) is 0 Å². The molecule has 7 nitrogen and oxygen atoms in total. The quantitative estimate of drug-likeness (QED) is 0.120. The Morgan fingerprint density at radius 2 is 0.544 bits per heavy atom. The van der Waals surface area contributed by atoms with E-state index in [2.05, 4.69) is 419 Å². The minimum Gasteiger partial charge on any atom is -0.457 e. The molecular formula is C118H72N4O3. The third kappa shape index (κ3) is 11.3. The average Bonchev–Trinajstić information content (AvgIpc) is 1.53. The summed E-state index contributed by atoms with van der Waals surface area (Å²) in [4.78, 5) is 21.8. The summed E-state index contributed by atoms with van der Waals surface area (Å²) in [6.45, 7) is 0. The van der Waals surface area contributed by atoms with Gasteiger partial charge in [-0.3, -0.25) is 0 Å². The van der Waals surface area contributed by atoms with Crippen molar-refractivity contribution in [3.05, 3.63) is 481 Å². The molecule has 0 bridgehead atoms. The van der Waals surface area contributed by atoms with Crippen LogP contribution in [0.5, 0.6) is 23.0 Å². The largest absolute Gasteiger partial charge is 0.457 e. The van der Waals surface area contributed by atoms with Crippen molar-refractivity contribution in [2.75, 3.05) is 0 Å². The predicted molar refractivity (Wildman–Crippen MR) is 505 cm³/mol. The highest BCUT2D eigenvalue weighted by Crippen LogP contribution is 2.66. The van der Waals surface area contributed by atoms with Gasteiger partial charge in [0, 0.05) is 72.0 Å². The second-order valence-electron chi connectivity index (χ2n) is 32.8. The zero-order valence-corrected chi connectivity index (χ0v) is 67.6. The lowest BCUT2D eigenvalue weighted by atomic mass is 9.65. The molecule has 7 heteroatoms. The molecule has 0 amide bonds. The number of aromatic nitrogens is 4. The van der Waals surface area contributed by atoms with E-state index >= 15 is 0 Å². The number of rotatable bonds is 12. The first-order chi connectivity index (χ1) is 61.9. The first-order valence-electron chi connectivity index (χ1n) is 42.6. The zero-order chi connectivity index (χ0) is 82.3. The lowest BCUT2D eigenvalue weighted by Crippen LogP contribution is -2.32. The van der Waals surface area contributed by atoms with Crippen molar-refractivity contribution >= 4 is 21.9 Å². The fourth-order valence-electron chi connectivity index (χ4n) is 20.6. The van der Waals surface area contributed by atoms with Crippen LogP contribution in [0, 0.1) is 0 Å². The van der Waals surface area contributed by atoms with Gasteiger partial charge in [-0.25, -0.2) is 19.9 Å². The van der Waals surface area contributed by atoms with Crippen molar-refractivity contribution in [3.63, 3.8) is 0 Å². The van der Waals surface area contributed by atoms with Gasteiger partial charge >= 0.3 is 0 Å². The fourth-order valence-corrected chi connectivity index (χ4v) is 20.6. The van der Waals surface area contributed by atoms with E-state index in [1.807, 2.05) is 18.2 Å². The van der Waals surface area contributed by atoms with Crippen LogP contribution in [0.15, 0.2) is 441 Å². The van der Waals surface area contributed by atoms with Gasteiger partial charge in [-0.2, -0.15) is 0 Å². The maximum absolute atomic E-state index is 7.13. The van der Waals surface area contributed by atoms with Gasteiger partial charge in [-0.05, 0) is 179 Å². The van der Waals surface area contributed by atoms with Crippen LogP contribution in [0.2, 0.25) is 0 Å². The SMILES string of the molecule is c1ccc(-c2cccc(-c3cc(-c4ccccc4-c4ccc5c(c4)C4(c6ccccc6O5)c5ccccc5-c5c(-c6ccc7oc8c(-c9ccc(-c%10cc(-c%11ccccc%11-c%11ccc%12c(c%11)C%11(c%13ccccc%13O%12)c%12ccccc%12-c%12ccccc%12%11)nc(-c%11ccccc%11)n%10)cc9)cccc8c7c6)cccc54)nc(-c4cccc(-c5ccccc5)c4)n3)c2)cc1. The minimum absolute atomic E-state index is 0.614. The van der Waals surface area contributed by atoms with E-state index in [0.29, 0.717) is 11.6 Å². The van der Waals surface area contributed by atoms with Crippen LogP contribution in [0.3, 0.4) is 0 Å². The second kappa shape index (κ2) is 28.6. The first kappa shape index (κ1) is 71.4. The number of furan rings is 1. The van der Waals surface area contributed by atoms with Crippen LogP contribution in [0.25, 0.3) is 179 Å². The molecule has 2 aliphatic heterocycles. The van der Waals surface area contributed by atoms with E-state index in [4.69, 9.17) is 33.8 Å². The molecule has 125 heavy (non-hydrogen) atoms. The molecule has 1 unspecified atom stereocenters. The molecule has 3 aromatic heterocycles. The van der Waals surface area contributed by atoms with Gasteiger partial charge in [0.15, 0.2) is 11.6 Å². The van der Waals surface area contributed by atoms with Crippen LogP contribution >= 0.6 is 0 Å². The summed E-state index contributed by atoms with van der Waals surface area (Å²) in [7, 11) is 0. The smallest absolute Gasteiger partial charge is 0.160 e. The lowest BCUT2D eigenvalue weighted by Gasteiger charge is -2.39. The summed E-state index contributed by atoms with van der Waals surface area (Å²) in [6.07, 6.45) is 0. The van der Waals surface area contributed by atoms with Gasteiger partial charge < -0.3 is 13.9 Å². The van der Waals surface area contributed by atoms with Crippen LogP contribution in [-0.2, 0) is 10.8 Å². The van der Waals surface area contributed by atoms with E-state index in [1.54, 1.807) is 0 Å². The van der Waals surface area contributed by atoms with Crippen molar-refractivity contribution < 1.29 is 13.9 Å². The number of ether oxygens (including phenoxy) is 2. The molecule has 25 rings (SSSR count). The monoisotopic (exact) mass is 1590 g/mol. The molecule has 4 aliphatic rings. The fraction of sp³-hybridized carbons (Fsp3) is 0.0169. The van der Waals surface area contributed by atoms with Gasteiger partial charge in [0.2, 0.25) is 0 Å². The number of fused-ring (bicyclic) bond motifs is 21. The van der Waals surface area contributed by atoms with Gasteiger partial charge in [-0.15, -0.1) is 0 Å². The molecule has 21 aromatic rings. The number of nitrogens with zero attached hydrogens (tertiary/aromatic N) is 4. The predicted octanol–water partition coefficient (Wildman–Crippen LogP) is 30.1. The standard InChI is InChI=1S/C118H72N4O3/c1-4-28-73(29-5-1)78-34-24-36-83(66-78)105-72-107(122-116(120-105)84-37-25-35-79(67-84)74-30-6-2-7-31-74)92-43-13-11-39-86(92)82-62-65-112-103(70-82)118(100-52-21-23-55-110(100)124-112)98-50-19-16-44-94(98)113-87(45-27-53-101(113)118)80-60-63-108-95(68-80)93-47-26-46-88(114(93)125-108)75-56-58-76(59-57-75)104-71-106(121-115(119-104)77-32-8-3-9-33-77)91-42-12-10-38-85(91)81-61-64-111-102(69-81)117(99-51-20-22-54-109(99)123-111)96-48-17-14-40-89(96)90-41-15-18-49-97(90)117/h1-72H. The summed E-state index contributed by atoms with van der Waals surface area (Å²) in [6, 6.07) is 157. The molecular weight excluding hydrogens is 1520 g/mol. The first-order valence-corrected chi connectivity index (χ1v) is 42.6. The highest BCUT2D eigenvalue weighted by molar-refractivity contribution is 6.12. The average molecular weight is 1590 g/mol. The van der Waals surface area contributed by atoms with Crippen molar-refractivity contribution in [1.29, 1.82) is 0 Å². The van der Waals surface area contributed by atoms with Crippen molar-refractivity contribution in [3.8, 4) is 180 Å².